The molecule has 0 radical (unpaired) electrons. The van der Waals surface area contributed by atoms with Crippen molar-refractivity contribution in [3.8, 4) is 11.3 Å². The Kier molecular flexibility index (Phi) is 3.18. The Bertz CT molecular complexity index is 552. The molecule has 3 rings (SSSR count). The number of aromatic amines is 1. The van der Waals surface area contributed by atoms with Gasteiger partial charge in [-0.25, -0.2) is 4.99 Å². The highest BCUT2D eigenvalue weighted by atomic mass is 15.1. The van der Waals surface area contributed by atoms with Gasteiger partial charge in [0.05, 0.1) is 12.2 Å². The summed E-state index contributed by atoms with van der Waals surface area (Å²) in [5, 5.41) is 10.1. The summed E-state index contributed by atoms with van der Waals surface area (Å²) >= 11 is 0. The van der Waals surface area contributed by atoms with Crippen molar-refractivity contribution in [3.63, 3.8) is 0 Å². The van der Waals surface area contributed by atoms with E-state index in [0.717, 1.165) is 16.8 Å². The highest BCUT2D eigenvalue weighted by Crippen LogP contribution is 2.18. The highest BCUT2D eigenvalue weighted by molar-refractivity contribution is 5.78. The number of H-pyrrole nitrogens is 1. The second-order valence-corrected chi connectivity index (χ2v) is 4.79. The number of benzene rings is 1. The normalized spacial score (nSPS) is 15.5. The predicted molar refractivity (Wildman–Crippen MR) is 75.5 cm³/mol. The summed E-state index contributed by atoms with van der Waals surface area (Å²) in [6.45, 7) is 0.606. The van der Waals surface area contributed by atoms with E-state index in [1.807, 2.05) is 6.07 Å². The van der Waals surface area contributed by atoms with E-state index in [0.29, 0.717) is 18.5 Å². The molecule has 0 aliphatic heterocycles. The molecule has 5 heteroatoms. The van der Waals surface area contributed by atoms with Crippen LogP contribution < -0.4 is 11.1 Å². The van der Waals surface area contributed by atoms with Crippen LogP contribution >= 0.6 is 0 Å². The SMILES string of the molecule is NC(=NCc1ccc(-c2ccn[nH]2)cc1)NC1CC1. The summed E-state index contributed by atoms with van der Waals surface area (Å²) in [5.41, 5.74) is 9.08. The fourth-order valence-electron chi connectivity index (χ4n) is 1.87. The van der Waals surface area contributed by atoms with Crippen molar-refractivity contribution in [2.45, 2.75) is 25.4 Å². The minimum Gasteiger partial charge on any atom is -0.370 e. The van der Waals surface area contributed by atoms with Crippen LogP contribution in [0, 0.1) is 0 Å². The van der Waals surface area contributed by atoms with Gasteiger partial charge in [0.2, 0.25) is 0 Å². The maximum atomic E-state index is 5.80. The molecular weight excluding hydrogens is 238 g/mol. The third kappa shape index (κ3) is 3.13. The number of hydrogen-bond acceptors (Lipinski definition) is 2. The van der Waals surface area contributed by atoms with Crippen LogP contribution in [0.15, 0.2) is 41.5 Å². The van der Waals surface area contributed by atoms with E-state index in [1.165, 1.54) is 12.8 Å². The Labute approximate surface area is 111 Å². The van der Waals surface area contributed by atoms with Gasteiger partial charge in [-0.2, -0.15) is 5.10 Å². The molecule has 0 saturated heterocycles. The van der Waals surface area contributed by atoms with Crippen molar-refractivity contribution < 1.29 is 0 Å². The Balaban J connectivity index is 1.62. The minimum absolute atomic E-state index is 0.542. The smallest absolute Gasteiger partial charge is 0.189 e. The van der Waals surface area contributed by atoms with Gasteiger partial charge in [-0.15, -0.1) is 0 Å². The van der Waals surface area contributed by atoms with E-state index in [1.54, 1.807) is 6.20 Å². The van der Waals surface area contributed by atoms with Crippen LogP contribution in [0.1, 0.15) is 18.4 Å². The molecule has 98 valence electrons. The van der Waals surface area contributed by atoms with Crippen molar-refractivity contribution in [2.24, 2.45) is 10.7 Å². The molecule has 0 amide bonds. The molecule has 1 saturated carbocycles. The van der Waals surface area contributed by atoms with Crippen molar-refractivity contribution in [2.75, 3.05) is 0 Å². The molecule has 0 bridgehead atoms. The van der Waals surface area contributed by atoms with Crippen LogP contribution in [0.4, 0.5) is 0 Å². The van der Waals surface area contributed by atoms with Crippen LogP contribution in [0.3, 0.4) is 0 Å². The molecule has 5 nitrogen and oxygen atoms in total. The van der Waals surface area contributed by atoms with Crippen molar-refractivity contribution >= 4 is 5.96 Å². The number of nitrogens with two attached hydrogens (primary N) is 1. The molecule has 4 N–H and O–H groups in total. The van der Waals surface area contributed by atoms with Crippen LogP contribution in [-0.4, -0.2) is 22.2 Å². The van der Waals surface area contributed by atoms with Crippen molar-refractivity contribution in [3.05, 3.63) is 42.1 Å². The number of aromatic nitrogens is 2. The maximum absolute atomic E-state index is 5.80. The Morgan fingerprint density at radius 3 is 2.74 bits per heavy atom. The topological polar surface area (TPSA) is 79.1 Å². The van der Waals surface area contributed by atoms with Crippen LogP contribution in [0.25, 0.3) is 11.3 Å². The molecule has 1 fully saturated rings. The quantitative estimate of drug-likeness (QED) is 0.574. The number of nitrogens with one attached hydrogen (secondary N) is 2. The second kappa shape index (κ2) is 5.14. The summed E-state index contributed by atoms with van der Waals surface area (Å²) in [4.78, 5) is 4.33. The zero-order valence-electron chi connectivity index (χ0n) is 10.6. The average Bonchev–Trinajstić information content (AvgIpc) is 3.07. The molecule has 1 aliphatic rings. The van der Waals surface area contributed by atoms with Gasteiger partial charge in [0.25, 0.3) is 0 Å². The zero-order valence-corrected chi connectivity index (χ0v) is 10.6. The first-order valence-corrected chi connectivity index (χ1v) is 6.46. The molecule has 0 atom stereocenters. The maximum Gasteiger partial charge on any atom is 0.189 e. The van der Waals surface area contributed by atoms with Gasteiger partial charge in [-0.1, -0.05) is 24.3 Å². The third-order valence-corrected chi connectivity index (χ3v) is 3.13. The summed E-state index contributed by atoms with van der Waals surface area (Å²) in [6.07, 6.45) is 4.15. The summed E-state index contributed by atoms with van der Waals surface area (Å²) in [5.74, 6) is 0.542. The lowest BCUT2D eigenvalue weighted by molar-refractivity contribution is 0.879. The molecule has 1 aromatic heterocycles. The van der Waals surface area contributed by atoms with Gasteiger partial charge in [0.1, 0.15) is 0 Å². The molecule has 2 aromatic rings. The molecule has 0 spiro atoms. The Hall–Kier alpha value is -2.30. The van der Waals surface area contributed by atoms with E-state index in [9.17, 15) is 0 Å². The first-order valence-electron chi connectivity index (χ1n) is 6.46. The fraction of sp³-hybridized carbons (Fsp3) is 0.286. The number of hydrogen-bond donors (Lipinski definition) is 3. The molecule has 19 heavy (non-hydrogen) atoms. The standard InChI is InChI=1S/C14H17N5/c15-14(18-12-5-6-12)16-9-10-1-3-11(4-2-10)13-7-8-17-19-13/h1-4,7-8,12H,5-6,9H2,(H,17,19)(H3,15,16,18). The van der Waals surface area contributed by atoms with Crippen LogP contribution in [-0.2, 0) is 6.54 Å². The molecule has 1 aliphatic carbocycles. The minimum atomic E-state index is 0.542. The molecular formula is C14H17N5. The van der Waals surface area contributed by atoms with E-state index < -0.39 is 0 Å². The first-order chi connectivity index (χ1) is 9.31. The van der Waals surface area contributed by atoms with Gasteiger partial charge in [-0.05, 0) is 30.0 Å². The highest BCUT2D eigenvalue weighted by Gasteiger charge is 2.21. The van der Waals surface area contributed by atoms with Crippen molar-refractivity contribution in [1.29, 1.82) is 0 Å². The van der Waals surface area contributed by atoms with Gasteiger partial charge < -0.3 is 11.1 Å². The van der Waals surface area contributed by atoms with Crippen LogP contribution in [0.2, 0.25) is 0 Å². The monoisotopic (exact) mass is 255 g/mol. The Morgan fingerprint density at radius 1 is 1.32 bits per heavy atom. The predicted octanol–water partition coefficient (Wildman–Crippen LogP) is 1.64. The average molecular weight is 255 g/mol. The largest absolute Gasteiger partial charge is 0.370 e. The zero-order chi connectivity index (χ0) is 13.1. The first kappa shape index (κ1) is 11.8. The van der Waals surface area contributed by atoms with Crippen LogP contribution in [0.5, 0.6) is 0 Å². The van der Waals surface area contributed by atoms with E-state index in [2.05, 4.69) is 44.8 Å². The van der Waals surface area contributed by atoms with Gasteiger partial charge in [0, 0.05) is 12.2 Å². The Morgan fingerprint density at radius 2 is 2.11 bits per heavy atom. The number of guanidine groups is 1. The molecule has 0 unspecified atom stereocenters. The number of aliphatic imine (C=N–C) groups is 1. The van der Waals surface area contributed by atoms with Gasteiger partial charge in [-0.3, -0.25) is 5.10 Å². The van der Waals surface area contributed by atoms with E-state index in [4.69, 9.17) is 5.73 Å². The lowest BCUT2D eigenvalue weighted by Gasteiger charge is -2.04. The second-order valence-electron chi connectivity index (χ2n) is 4.79. The summed E-state index contributed by atoms with van der Waals surface area (Å²) in [6, 6.07) is 10.7. The van der Waals surface area contributed by atoms with Gasteiger partial charge >= 0.3 is 0 Å². The number of rotatable bonds is 4. The lowest BCUT2D eigenvalue weighted by atomic mass is 10.1. The van der Waals surface area contributed by atoms with E-state index in [-0.39, 0.29) is 0 Å². The molecule has 1 aromatic carbocycles. The lowest BCUT2D eigenvalue weighted by Crippen LogP contribution is -2.33. The third-order valence-electron chi connectivity index (χ3n) is 3.13. The van der Waals surface area contributed by atoms with E-state index >= 15 is 0 Å². The number of nitrogens with zero attached hydrogens (tertiary/aromatic N) is 2. The molecule has 1 heterocycles. The summed E-state index contributed by atoms with van der Waals surface area (Å²) in [7, 11) is 0. The summed E-state index contributed by atoms with van der Waals surface area (Å²) < 4.78 is 0. The van der Waals surface area contributed by atoms with Crippen molar-refractivity contribution in [1.82, 2.24) is 15.5 Å². The fourth-order valence-corrected chi connectivity index (χ4v) is 1.87. The van der Waals surface area contributed by atoms with Gasteiger partial charge in [0.15, 0.2) is 5.96 Å².